The van der Waals surface area contributed by atoms with Crippen molar-refractivity contribution < 1.29 is 14.7 Å². The molecular formula is C34H44N2O3. The quantitative estimate of drug-likeness (QED) is 0.283. The maximum atomic E-state index is 13.3. The first-order valence-electron chi connectivity index (χ1n) is 13.8. The minimum Gasteiger partial charge on any atom is -0.507 e. The Balaban J connectivity index is 1.79. The summed E-state index contributed by atoms with van der Waals surface area (Å²) in [4.78, 5) is 26.5. The molecule has 39 heavy (non-hydrogen) atoms. The lowest BCUT2D eigenvalue weighted by molar-refractivity contribution is -0.126. The van der Waals surface area contributed by atoms with Gasteiger partial charge in [0.05, 0.1) is 0 Å². The fourth-order valence-electron chi connectivity index (χ4n) is 4.58. The number of phenolic OH excluding ortho intramolecular Hbond substituents is 1. The number of aryl methyl sites for hydroxylation is 1. The number of anilines is 1. The summed E-state index contributed by atoms with van der Waals surface area (Å²) in [7, 11) is 0. The largest absolute Gasteiger partial charge is 0.507 e. The van der Waals surface area contributed by atoms with Crippen LogP contribution < -0.4 is 10.6 Å². The first-order valence-corrected chi connectivity index (χ1v) is 13.8. The second-order valence-corrected chi connectivity index (χ2v) is 12.7. The van der Waals surface area contributed by atoms with E-state index in [4.69, 9.17) is 0 Å². The topological polar surface area (TPSA) is 78.4 Å². The molecule has 3 N–H and O–H groups in total. The maximum absolute atomic E-state index is 13.3. The van der Waals surface area contributed by atoms with Crippen molar-refractivity contribution in [1.82, 2.24) is 5.32 Å². The van der Waals surface area contributed by atoms with Gasteiger partial charge >= 0.3 is 0 Å². The van der Waals surface area contributed by atoms with Crippen molar-refractivity contribution in [3.05, 3.63) is 94.5 Å². The summed E-state index contributed by atoms with van der Waals surface area (Å²) < 4.78 is 0. The third-order valence-corrected chi connectivity index (χ3v) is 6.97. The van der Waals surface area contributed by atoms with E-state index in [0.29, 0.717) is 23.8 Å². The summed E-state index contributed by atoms with van der Waals surface area (Å²) in [5, 5.41) is 16.9. The highest BCUT2D eigenvalue weighted by Crippen LogP contribution is 2.40. The van der Waals surface area contributed by atoms with Crippen LogP contribution in [0.2, 0.25) is 0 Å². The standard InChI is InChI=1S/C34H44N2O3/c1-22(2)24-15-17-26(18-16-24)35-32(39)30(25-12-10-9-11-13-25)36-29(37)19-14-23-20-27(33(3,4)5)31(38)28(21-23)34(6,7)8/h9-13,15-18,20-22,30,38H,14,19H2,1-8H3,(H,35,39)(H,36,37). The van der Waals surface area contributed by atoms with E-state index in [9.17, 15) is 14.7 Å². The third-order valence-electron chi connectivity index (χ3n) is 6.97. The minimum atomic E-state index is -0.821. The van der Waals surface area contributed by atoms with Gasteiger partial charge in [-0.15, -0.1) is 0 Å². The van der Waals surface area contributed by atoms with E-state index in [2.05, 4.69) is 66.0 Å². The summed E-state index contributed by atoms with van der Waals surface area (Å²) >= 11 is 0. The second kappa shape index (κ2) is 12.1. The molecule has 0 radical (unpaired) electrons. The van der Waals surface area contributed by atoms with Gasteiger partial charge in [0.15, 0.2) is 0 Å². The van der Waals surface area contributed by atoms with Gasteiger partial charge in [0.25, 0.3) is 5.91 Å². The van der Waals surface area contributed by atoms with Crippen molar-refractivity contribution in [2.45, 2.75) is 91.0 Å². The molecular weight excluding hydrogens is 484 g/mol. The second-order valence-electron chi connectivity index (χ2n) is 12.7. The molecule has 1 atom stereocenters. The van der Waals surface area contributed by atoms with Crippen LogP contribution in [0.25, 0.3) is 0 Å². The molecule has 5 nitrogen and oxygen atoms in total. The van der Waals surface area contributed by atoms with Crippen molar-refractivity contribution in [3.8, 4) is 5.75 Å². The Labute approximate surface area is 234 Å². The first-order chi connectivity index (χ1) is 18.2. The normalized spacial score (nSPS) is 12.7. The van der Waals surface area contributed by atoms with Crippen LogP contribution in [0.5, 0.6) is 5.75 Å². The van der Waals surface area contributed by atoms with E-state index in [1.165, 1.54) is 5.56 Å². The summed E-state index contributed by atoms with van der Waals surface area (Å²) in [6.45, 7) is 16.7. The van der Waals surface area contributed by atoms with Crippen molar-refractivity contribution in [1.29, 1.82) is 0 Å². The van der Waals surface area contributed by atoms with Crippen molar-refractivity contribution in [2.24, 2.45) is 0 Å². The maximum Gasteiger partial charge on any atom is 0.251 e. The number of amides is 2. The Morgan fingerprint density at radius 1 is 0.795 bits per heavy atom. The average Bonchev–Trinajstić information content (AvgIpc) is 2.86. The fraction of sp³-hybridized carbons (Fsp3) is 0.412. The zero-order valence-electron chi connectivity index (χ0n) is 24.7. The Kier molecular flexibility index (Phi) is 9.26. The fourth-order valence-corrected chi connectivity index (χ4v) is 4.58. The number of rotatable bonds is 8. The van der Waals surface area contributed by atoms with E-state index in [0.717, 1.165) is 22.3 Å². The summed E-state index contributed by atoms with van der Waals surface area (Å²) in [6.07, 6.45) is 0.718. The molecule has 3 rings (SSSR count). The van der Waals surface area contributed by atoms with Crippen LogP contribution >= 0.6 is 0 Å². The van der Waals surface area contributed by atoms with E-state index in [1.54, 1.807) is 0 Å². The molecule has 3 aromatic rings. The third kappa shape index (κ3) is 7.95. The van der Waals surface area contributed by atoms with Crippen LogP contribution in [-0.4, -0.2) is 16.9 Å². The van der Waals surface area contributed by atoms with Gasteiger partial charge < -0.3 is 15.7 Å². The Morgan fingerprint density at radius 3 is 1.82 bits per heavy atom. The van der Waals surface area contributed by atoms with Crippen molar-refractivity contribution >= 4 is 17.5 Å². The van der Waals surface area contributed by atoms with Gasteiger partial charge in [0.2, 0.25) is 5.91 Å². The molecule has 0 aromatic heterocycles. The molecule has 0 heterocycles. The van der Waals surface area contributed by atoms with Gasteiger partial charge in [0, 0.05) is 12.1 Å². The summed E-state index contributed by atoms with van der Waals surface area (Å²) in [5.41, 5.74) is 4.84. The zero-order valence-corrected chi connectivity index (χ0v) is 24.7. The Hall–Kier alpha value is -3.60. The number of hydrogen-bond acceptors (Lipinski definition) is 3. The molecule has 0 bridgehead atoms. The van der Waals surface area contributed by atoms with Gasteiger partial charge in [-0.05, 0) is 63.1 Å². The molecule has 0 aliphatic carbocycles. The average molecular weight is 529 g/mol. The van der Waals surface area contributed by atoms with Gasteiger partial charge in [-0.3, -0.25) is 9.59 Å². The smallest absolute Gasteiger partial charge is 0.251 e. The number of nitrogens with one attached hydrogen (secondary N) is 2. The first kappa shape index (κ1) is 29.9. The molecule has 5 heteroatoms. The Morgan fingerprint density at radius 2 is 1.33 bits per heavy atom. The number of aromatic hydroxyl groups is 1. The van der Waals surface area contributed by atoms with Gasteiger partial charge in [-0.1, -0.05) is 110 Å². The monoisotopic (exact) mass is 528 g/mol. The highest BCUT2D eigenvalue weighted by atomic mass is 16.3. The van der Waals surface area contributed by atoms with Crippen LogP contribution in [0.4, 0.5) is 5.69 Å². The SMILES string of the molecule is CC(C)c1ccc(NC(=O)C(NC(=O)CCc2cc(C(C)(C)C)c(O)c(C(C)(C)C)c2)c2ccccc2)cc1. The molecule has 1 unspecified atom stereocenters. The highest BCUT2D eigenvalue weighted by molar-refractivity contribution is 5.97. The highest BCUT2D eigenvalue weighted by Gasteiger charge is 2.27. The van der Waals surface area contributed by atoms with Gasteiger partial charge in [-0.2, -0.15) is 0 Å². The zero-order chi connectivity index (χ0) is 29.0. The molecule has 0 spiro atoms. The number of carbonyl (C=O) groups excluding carboxylic acids is 2. The van der Waals surface area contributed by atoms with Crippen LogP contribution in [0, 0.1) is 0 Å². The molecule has 0 saturated heterocycles. The van der Waals surface area contributed by atoms with Crippen LogP contribution in [-0.2, 0) is 26.8 Å². The predicted molar refractivity (Wildman–Crippen MR) is 160 cm³/mol. The van der Waals surface area contributed by atoms with Crippen LogP contribution in [0.15, 0.2) is 66.7 Å². The van der Waals surface area contributed by atoms with E-state index in [1.807, 2.05) is 66.7 Å². The van der Waals surface area contributed by atoms with Gasteiger partial charge in [0.1, 0.15) is 11.8 Å². The summed E-state index contributed by atoms with van der Waals surface area (Å²) in [6, 6.07) is 20.3. The van der Waals surface area contributed by atoms with E-state index < -0.39 is 6.04 Å². The van der Waals surface area contributed by atoms with E-state index >= 15 is 0 Å². The van der Waals surface area contributed by atoms with Crippen molar-refractivity contribution in [2.75, 3.05) is 5.32 Å². The number of carbonyl (C=O) groups is 2. The van der Waals surface area contributed by atoms with Gasteiger partial charge in [-0.25, -0.2) is 0 Å². The van der Waals surface area contributed by atoms with E-state index in [-0.39, 0.29) is 29.1 Å². The molecule has 208 valence electrons. The Bertz CT molecular complexity index is 1250. The molecule has 0 fully saturated rings. The van der Waals surface area contributed by atoms with Crippen LogP contribution in [0.3, 0.4) is 0 Å². The molecule has 2 amide bonds. The van der Waals surface area contributed by atoms with Crippen molar-refractivity contribution in [3.63, 3.8) is 0 Å². The van der Waals surface area contributed by atoms with Crippen LogP contribution in [0.1, 0.15) is 102 Å². The lowest BCUT2D eigenvalue weighted by atomic mass is 9.78. The number of hydrogen-bond donors (Lipinski definition) is 3. The number of benzene rings is 3. The minimum absolute atomic E-state index is 0.211. The molecule has 0 aliphatic rings. The number of phenols is 1. The summed E-state index contributed by atoms with van der Waals surface area (Å²) in [5.74, 6) is 0.224. The lowest BCUT2D eigenvalue weighted by Crippen LogP contribution is -2.37. The predicted octanol–water partition coefficient (Wildman–Crippen LogP) is 7.54. The molecule has 0 saturated carbocycles. The molecule has 3 aromatic carbocycles. The molecule has 0 aliphatic heterocycles. The lowest BCUT2D eigenvalue weighted by Gasteiger charge is -2.28.